The summed E-state index contributed by atoms with van der Waals surface area (Å²) in [5, 5.41) is 7.47. The molecule has 1 aliphatic carbocycles. The van der Waals surface area contributed by atoms with E-state index in [1.165, 1.54) is 64.3 Å². The minimum absolute atomic E-state index is 0.102. The molecule has 2 aromatic heterocycles. The number of fused-ring (bicyclic) bond motifs is 10. The first kappa shape index (κ1) is 29.6. The van der Waals surface area contributed by atoms with Crippen molar-refractivity contribution in [1.29, 1.82) is 0 Å². The minimum atomic E-state index is -0.102. The number of anilines is 3. The molecular weight excluding hydrogens is 651 g/mol. The Morgan fingerprint density at radius 3 is 2.00 bits per heavy atom. The number of hydrogen-bond acceptors (Lipinski definition) is 3. The van der Waals surface area contributed by atoms with E-state index in [0.29, 0.717) is 0 Å². The van der Waals surface area contributed by atoms with Gasteiger partial charge >= 0.3 is 0 Å². The molecule has 0 spiro atoms. The van der Waals surface area contributed by atoms with E-state index in [9.17, 15) is 0 Å². The van der Waals surface area contributed by atoms with E-state index in [-0.39, 0.29) is 5.41 Å². The molecule has 2 nitrogen and oxygen atoms in total. The second-order valence-corrected chi connectivity index (χ2v) is 15.6. The monoisotopic (exact) mass is 683 g/mol. The van der Waals surface area contributed by atoms with Gasteiger partial charge in [0.15, 0.2) is 0 Å². The van der Waals surface area contributed by atoms with Crippen LogP contribution in [0.5, 0.6) is 0 Å². The zero-order valence-corrected chi connectivity index (χ0v) is 29.7. The van der Waals surface area contributed by atoms with Gasteiger partial charge in [0.1, 0.15) is 11.2 Å². The number of para-hydroxylation sites is 1. The third kappa shape index (κ3) is 4.30. The van der Waals surface area contributed by atoms with Crippen molar-refractivity contribution in [3.8, 4) is 22.3 Å². The Bertz CT molecular complexity index is 3050. The lowest BCUT2D eigenvalue weighted by Crippen LogP contribution is -2.16. The van der Waals surface area contributed by atoms with Gasteiger partial charge in [0.2, 0.25) is 0 Å². The molecule has 10 aromatic rings. The first-order chi connectivity index (χ1) is 25.5. The van der Waals surface area contributed by atoms with E-state index in [1.54, 1.807) is 0 Å². The van der Waals surface area contributed by atoms with Crippen LogP contribution in [0.1, 0.15) is 25.0 Å². The normalized spacial score (nSPS) is 13.3. The maximum atomic E-state index is 6.41. The van der Waals surface area contributed by atoms with Crippen LogP contribution in [0.4, 0.5) is 17.1 Å². The van der Waals surface area contributed by atoms with E-state index in [0.717, 1.165) is 39.0 Å². The summed E-state index contributed by atoms with van der Waals surface area (Å²) in [5.74, 6) is 0. The maximum absolute atomic E-state index is 6.41. The predicted octanol–water partition coefficient (Wildman–Crippen LogP) is 14.6. The number of hydrogen-bond donors (Lipinski definition) is 0. The van der Waals surface area contributed by atoms with Crippen molar-refractivity contribution in [2.24, 2.45) is 0 Å². The Morgan fingerprint density at radius 2 is 1.12 bits per heavy atom. The summed E-state index contributed by atoms with van der Waals surface area (Å²) in [6, 6.07) is 59.9. The fraction of sp³-hybridized carbons (Fsp3) is 0.0612. The van der Waals surface area contributed by atoms with Crippen LogP contribution >= 0.6 is 11.3 Å². The molecule has 0 atom stereocenters. The smallest absolute Gasteiger partial charge is 0.137 e. The first-order valence-corrected chi connectivity index (χ1v) is 18.7. The summed E-state index contributed by atoms with van der Waals surface area (Å²) >= 11 is 1.89. The molecule has 11 rings (SSSR count). The van der Waals surface area contributed by atoms with Crippen LogP contribution in [0.2, 0.25) is 0 Å². The van der Waals surface area contributed by atoms with Crippen LogP contribution in [0.3, 0.4) is 0 Å². The van der Waals surface area contributed by atoms with Gasteiger partial charge in [-0.1, -0.05) is 117 Å². The third-order valence-electron chi connectivity index (χ3n) is 11.2. The Balaban J connectivity index is 1.06. The standard InChI is InChI=1S/C49H33NOS/c1-49(2)43-16-7-5-12-37(43)38-24-22-34(28-44(38)49)50(35-23-25-40-39-13-6-8-17-45(39)51-46(40)29-35)33-20-18-30(19-21-33)36-14-9-15-41-42-26-31-10-3-4-11-32(31)27-47(42)52-48(36)41/h3-29H,1-2H3. The quantitative estimate of drug-likeness (QED) is 0.184. The molecule has 0 saturated carbocycles. The lowest BCUT2D eigenvalue weighted by Gasteiger charge is -2.28. The van der Waals surface area contributed by atoms with E-state index < -0.39 is 0 Å². The van der Waals surface area contributed by atoms with Gasteiger partial charge < -0.3 is 9.32 Å². The predicted molar refractivity (Wildman–Crippen MR) is 222 cm³/mol. The van der Waals surface area contributed by atoms with Crippen molar-refractivity contribution in [2.75, 3.05) is 4.90 Å². The van der Waals surface area contributed by atoms with Crippen molar-refractivity contribution in [2.45, 2.75) is 19.3 Å². The molecule has 2 heterocycles. The summed E-state index contributed by atoms with van der Waals surface area (Å²) in [6.07, 6.45) is 0. The molecular formula is C49H33NOS. The van der Waals surface area contributed by atoms with Gasteiger partial charge in [-0.15, -0.1) is 11.3 Å². The average Bonchev–Trinajstić information content (AvgIpc) is 3.81. The topological polar surface area (TPSA) is 16.4 Å². The number of thiophene rings is 1. The van der Waals surface area contributed by atoms with E-state index in [1.807, 2.05) is 23.5 Å². The van der Waals surface area contributed by atoms with Gasteiger partial charge in [-0.25, -0.2) is 0 Å². The Labute approximate surface area is 305 Å². The SMILES string of the molecule is CC1(C)c2ccccc2-c2ccc(N(c3ccc(-c4cccc5c4sc4cc6ccccc6cc45)cc3)c3ccc4c(c3)oc3ccccc34)cc21. The van der Waals surface area contributed by atoms with E-state index >= 15 is 0 Å². The number of benzene rings is 8. The summed E-state index contributed by atoms with van der Waals surface area (Å²) in [5.41, 5.74) is 12.8. The molecule has 0 radical (unpaired) electrons. The van der Waals surface area contributed by atoms with Gasteiger partial charge in [-0.05, 0) is 98.8 Å². The van der Waals surface area contributed by atoms with Crippen molar-refractivity contribution in [3.05, 3.63) is 175 Å². The fourth-order valence-corrected chi connectivity index (χ4v) is 9.90. The number of furan rings is 1. The lowest BCUT2D eigenvalue weighted by atomic mass is 9.82. The highest BCUT2D eigenvalue weighted by Gasteiger charge is 2.35. The van der Waals surface area contributed by atoms with E-state index in [4.69, 9.17) is 4.42 Å². The zero-order valence-electron chi connectivity index (χ0n) is 28.9. The summed E-state index contributed by atoms with van der Waals surface area (Å²) in [7, 11) is 0. The van der Waals surface area contributed by atoms with Crippen LogP contribution in [-0.4, -0.2) is 0 Å². The zero-order chi connectivity index (χ0) is 34.6. The molecule has 246 valence electrons. The van der Waals surface area contributed by atoms with Crippen LogP contribution < -0.4 is 4.90 Å². The summed E-state index contributed by atoms with van der Waals surface area (Å²) < 4.78 is 9.06. The highest BCUT2D eigenvalue weighted by atomic mass is 32.1. The molecule has 0 amide bonds. The fourth-order valence-electron chi connectivity index (χ4n) is 8.63. The molecule has 3 heteroatoms. The average molecular weight is 684 g/mol. The van der Waals surface area contributed by atoms with Crippen molar-refractivity contribution in [3.63, 3.8) is 0 Å². The van der Waals surface area contributed by atoms with E-state index in [2.05, 4.69) is 170 Å². The number of rotatable bonds is 4. The van der Waals surface area contributed by atoms with Crippen LogP contribution in [0.15, 0.2) is 168 Å². The lowest BCUT2D eigenvalue weighted by molar-refractivity contribution is 0.660. The van der Waals surface area contributed by atoms with Crippen molar-refractivity contribution < 1.29 is 4.42 Å². The maximum Gasteiger partial charge on any atom is 0.137 e. The Hall–Kier alpha value is -6.16. The Morgan fingerprint density at radius 1 is 0.462 bits per heavy atom. The molecule has 0 unspecified atom stereocenters. The largest absolute Gasteiger partial charge is 0.456 e. The minimum Gasteiger partial charge on any atom is -0.456 e. The van der Waals surface area contributed by atoms with Gasteiger partial charge in [0.05, 0.1) is 0 Å². The molecule has 0 bridgehead atoms. The molecule has 0 aliphatic heterocycles. The van der Waals surface area contributed by atoms with Gasteiger partial charge in [0.25, 0.3) is 0 Å². The third-order valence-corrected chi connectivity index (χ3v) is 12.4. The molecule has 0 saturated heterocycles. The molecule has 8 aromatic carbocycles. The summed E-state index contributed by atoms with van der Waals surface area (Å²) in [4.78, 5) is 2.38. The first-order valence-electron chi connectivity index (χ1n) is 17.9. The van der Waals surface area contributed by atoms with Crippen LogP contribution in [-0.2, 0) is 5.41 Å². The second-order valence-electron chi connectivity index (χ2n) is 14.5. The molecule has 52 heavy (non-hydrogen) atoms. The van der Waals surface area contributed by atoms with Crippen molar-refractivity contribution >= 4 is 81.3 Å². The van der Waals surface area contributed by atoms with Gasteiger partial charge in [0, 0.05) is 59.5 Å². The van der Waals surface area contributed by atoms with Gasteiger partial charge in [-0.2, -0.15) is 0 Å². The highest BCUT2D eigenvalue weighted by molar-refractivity contribution is 7.26. The highest BCUT2D eigenvalue weighted by Crippen LogP contribution is 2.51. The van der Waals surface area contributed by atoms with Crippen molar-refractivity contribution in [1.82, 2.24) is 0 Å². The molecule has 1 aliphatic rings. The van der Waals surface area contributed by atoms with Gasteiger partial charge in [-0.3, -0.25) is 0 Å². The van der Waals surface area contributed by atoms with Crippen LogP contribution in [0.25, 0.3) is 75.1 Å². The molecule has 0 N–H and O–H groups in total. The summed E-state index contributed by atoms with van der Waals surface area (Å²) in [6.45, 7) is 4.69. The number of nitrogens with zero attached hydrogens (tertiary/aromatic N) is 1. The van der Waals surface area contributed by atoms with Crippen LogP contribution in [0, 0.1) is 0 Å². The Kier molecular flexibility index (Phi) is 6.21. The molecule has 0 fully saturated rings. The second kappa shape index (κ2) is 10.9.